The van der Waals surface area contributed by atoms with Crippen LogP contribution in [0.25, 0.3) is 0 Å². The SMILES string of the molecule is O=C1OCCN1Cc1cccc(C#CCCO)c1. The lowest BCUT2D eigenvalue weighted by atomic mass is 10.1. The fraction of sp³-hybridized carbons (Fsp3) is 0.357. The smallest absolute Gasteiger partial charge is 0.410 e. The topological polar surface area (TPSA) is 49.8 Å². The summed E-state index contributed by atoms with van der Waals surface area (Å²) in [5.41, 5.74) is 1.93. The minimum absolute atomic E-state index is 0.0757. The predicted molar refractivity (Wildman–Crippen MR) is 66.8 cm³/mol. The first-order valence-electron chi connectivity index (χ1n) is 5.90. The third-order valence-electron chi connectivity index (χ3n) is 2.61. The fourth-order valence-corrected chi connectivity index (χ4v) is 1.76. The van der Waals surface area contributed by atoms with Crippen molar-refractivity contribution in [3.05, 3.63) is 35.4 Å². The first-order valence-corrected chi connectivity index (χ1v) is 5.90. The van der Waals surface area contributed by atoms with E-state index in [1.54, 1.807) is 4.90 Å². The van der Waals surface area contributed by atoms with Gasteiger partial charge in [-0.1, -0.05) is 24.0 Å². The molecule has 0 aromatic heterocycles. The van der Waals surface area contributed by atoms with Gasteiger partial charge in [0.2, 0.25) is 0 Å². The summed E-state index contributed by atoms with van der Waals surface area (Å²) in [7, 11) is 0. The molecule has 0 saturated carbocycles. The van der Waals surface area contributed by atoms with Crippen molar-refractivity contribution >= 4 is 6.09 Å². The number of amides is 1. The second kappa shape index (κ2) is 6.08. The highest BCUT2D eigenvalue weighted by Crippen LogP contribution is 2.11. The number of ether oxygens (including phenoxy) is 1. The number of rotatable bonds is 3. The van der Waals surface area contributed by atoms with Crippen LogP contribution >= 0.6 is 0 Å². The van der Waals surface area contributed by atoms with Crippen LogP contribution in [0, 0.1) is 11.8 Å². The monoisotopic (exact) mass is 245 g/mol. The van der Waals surface area contributed by atoms with Crippen molar-refractivity contribution in [2.45, 2.75) is 13.0 Å². The molecule has 0 radical (unpaired) electrons. The molecule has 1 aromatic carbocycles. The molecular formula is C14H15NO3. The average Bonchev–Trinajstić information content (AvgIpc) is 2.76. The minimum Gasteiger partial charge on any atom is -0.448 e. The van der Waals surface area contributed by atoms with Crippen LogP contribution < -0.4 is 0 Å². The van der Waals surface area contributed by atoms with Gasteiger partial charge in [0.15, 0.2) is 0 Å². The van der Waals surface area contributed by atoms with E-state index in [1.165, 1.54) is 0 Å². The highest BCUT2D eigenvalue weighted by molar-refractivity contribution is 5.69. The molecule has 0 unspecified atom stereocenters. The van der Waals surface area contributed by atoms with Crippen LogP contribution in [0.3, 0.4) is 0 Å². The number of hydrogen-bond donors (Lipinski definition) is 1. The summed E-state index contributed by atoms with van der Waals surface area (Å²) in [5, 5.41) is 8.66. The molecule has 1 amide bonds. The summed E-state index contributed by atoms with van der Waals surface area (Å²) >= 11 is 0. The lowest BCUT2D eigenvalue weighted by Gasteiger charge is -2.12. The van der Waals surface area contributed by atoms with E-state index in [1.807, 2.05) is 24.3 Å². The van der Waals surface area contributed by atoms with Crippen LogP contribution in [-0.4, -0.2) is 35.9 Å². The molecule has 1 aromatic rings. The maximum atomic E-state index is 11.3. The Labute approximate surface area is 106 Å². The Kier molecular flexibility index (Phi) is 4.21. The number of carbonyl (C=O) groups excluding carboxylic acids is 1. The van der Waals surface area contributed by atoms with E-state index in [0.717, 1.165) is 11.1 Å². The third kappa shape index (κ3) is 3.25. The third-order valence-corrected chi connectivity index (χ3v) is 2.61. The van der Waals surface area contributed by atoms with Crippen LogP contribution in [0.1, 0.15) is 17.5 Å². The van der Waals surface area contributed by atoms with E-state index in [-0.39, 0.29) is 12.7 Å². The average molecular weight is 245 g/mol. The van der Waals surface area contributed by atoms with Gasteiger partial charge in [-0.15, -0.1) is 0 Å². The Morgan fingerprint density at radius 2 is 2.33 bits per heavy atom. The summed E-state index contributed by atoms with van der Waals surface area (Å²) in [5.74, 6) is 5.85. The summed E-state index contributed by atoms with van der Waals surface area (Å²) < 4.78 is 4.88. The molecule has 4 nitrogen and oxygen atoms in total. The van der Waals surface area contributed by atoms with Gasteiger partial charge in [0.1, 0.15) is 6.61 Å². The Hall–Kier alpha value is -1.99. The van der Waals surface area contributed by atoms with Crippen molar-refractivity contribution in [1.82, 2.24) is 4.90 Å². The number of benzene rings is 1. The van der Waals surface area contributed by atoms with Gasteiger partial charge in [-0.3, -0.25) is 0 Å². The normalized spacial score (nSPS) is 14.1. The number of hydrogen-bond acceptors (Lipinski definition) is 3. The molecule has 1 saturated heterocycles. The van der Waals surface area contributed by atoms with Gasteiger partial charge < -0.3 is 14.7 Å². The van der Waals surface area contributed by atoms with Gasteiger partial charge in [-0.05, 0) is 17.7 Å². The molecule has 1 aliphatic heterocycles. The van der Waals surface area contributed by atoms with Gasteiger partial charge in [0.25, 0.3) is 0 Å². The van der Waals surface area contributed by atoms with Crippen LogP contribution in [0.2, 0.25) is 0 Å². The summed E-state index contributed by atoms with van der Waals surface area (Å²) in [6.45, 7) is 1.73. The summed E-state index contributed by atoms with van der Waals surface area (Å²) in [6.07, 6.45) is 0.217. The van der Waals surface area contributed by atoms with E-state index in [0.29, 0.717) is 26.1 Å². The summed E-state index contributed by atoms with van der Waals surface area (Å²) in [4.78, 5) is 13.0. The quantitative estimate of drug-likeness (QED) is 0.818. The van der Waals surface area contributed by atoms with E-state index in [9.17, 15) is 4.79 Å². The summed E-state index contributed by atoms with van der Waals surface area (Å²) in [6, 6.07) is 7.74. The Morgan fingerprint density at radius 3 is 3.06 bits per heavy atom. The van der Waals surface area contributed by atoms with Gasteiger partial charge >= 0.3 is 6.09 Å². The first kappa shape index (κ1) is 12.5. The number of aliphatic hydroxyl groups is 1. The molecule has 0 aliphatic carbocycles. The molecule has 0 bridgehead atoms. The van der Waals surface area contributed by atoms with Crippen molar-refractivity contribution in [2.24, 2.45) is 0 Å². The van der Waals surface area contributed by atoms with Gasteiger partial charge in [0, 0.05) is 18.5 Å². The Balaban J connectivity index is 2.03. The van der Waals surface area contributed by atoms with Gasteiger partial charge in [-0.2, -0.15) is 0 Å². The molecule has 94 valence electrons. The van der Waals surface area contributed by atoms with Crippen LogP contribution in [0.4, 0.5) is 4.79 Å². The van der Waals surface area contributed by atoms with E-state index in [2.05, 4.69) is 11.8 Å². The first-order chi connectivity index (χ1) is 8.79. The second-order valence-electron chi connectivity index (χ2n) is 4.01. The fourth-order valence-electron chi connectivity index (χ4n) is 1.76. The lowest BCUT2D eigenvalue weighted by molar-refractivity contribution is 0.157. The predicted octanol–water partition coefficient (Wildman–Crippen LogP) is 1.37. The number of nitrogens with zero attached hydrogens (tertiary/aromatic N) is 1. The van der Waals surface area contributed by atoms with Crippen LogP contribution in [0.5, 0.6) is 0 Å². The largest absolute Gasteiger partial charge is 0.448 e. The standard InChI is InChI=1S/C14H15NO3/c16-8-2-1-4-12-5-3-6-13(10-12)11-15-7-9-18-14(15)17/h3,5-6,10,16H,2,7-9,11H2. The second-order valence-corrected chi connectivity index (χ2v) is 4.01. The molecule has 0 spiro atoms. The molecule has 0 atom stereocenters. The maximum absolute atomic E-state index is 11.3. The lowest BCUT2D eigenvalue weighted by Crippen LogP contribution is -2.23. The molecule has 1 heterocycles. The molecular weight excluding hydrogens is 230 g/mol. The Bertz CT molecular complexity index is 487. The zero-order valence-electron chi connectivity index (χ0n) is 10.1. The van der Waals surface area contributed by atoms with E-state index >= 15 is 0 Å². The molecule has 18 heavy (non-hydrogen) atoms. The molecule has 2 rings (SSSR count). The van der Waals surface area contributed by atoms with Crippen molar-refractivity contribution in [2.75, 3.05) is 19.8 Å². The minimum atomic E-state index is -0.258. The van der Waals surface area contributed by atoms with Crippen LogP contribution in [0.15, 0.2) is 24.3 Å². The van der Waals surface area contributed by atoms with Crippen molar-refractivity contribution in [3.63, 3.8) is 0 Å². The molecule has 4 heteroatoms. The molecule has 1 fully saturated rings. The Morgan fingerprint density at radius 1 is 1.44 bits per heavy atom. The van der Waals surface area contributed by atoms with E-state index in [4.69, 9.17) is 9.84 Å². The van der Waals surface area contributed by atoms with E-state index < -0.39 is 0 Å². The van der Waals surface area contributed by atoms with Crippen molar-refractivity contribution < 1.29 is 14.6 Å². The number of aliphatic hydroxyl groups excluding tert-OH is 1. The number of cyclic esters (lactones) is 1. The number of carbonyl (C=O) groups is 1. The molecule has 1 aliphatic rings. The molecule has 1 N–H and O–H groups in total. The van der Waals surface area contributed by atoms with Crippen LogP contribution in [-0.2, 0) is 11.3 Å². The highest BCUT2D eigenvalue weighted by atomic mass is 16.6. The van der Waals surface area contributed by atoms with Gasteiger partial charge in [-0.25, -0.2) is 4.79 Å². The van der Waals surface area contributed by atoms with Crippen molar-refractivity contribution in [1.29, 1.82) is 0 Å². The maximum Gasteiger partial charge on any atom is 0.410 e. The zero-order valence-corrected chi connectivity index (χ0v) is 10.1. The highest BCUT2D eigenvalue weighted by Gasteiger charge is 2.21. The van der Waals surface area contributed by atoms with Crippen molar-refractivity contribution in [3.8, 4) is 11.8 Å². The zero-order chi connectivity index (χ0) is 12.8. The van der Waals surface area contributed by atoms with Gasteiger partial charge in [0.05, 0.1) is 13.2 Å².